The molecule has 4 atom stereocenters. The lowest BCUT2D eigenvalue weighted by Gasteiger charge is -2.39. The number of rotatable bonds is 16. The van der Waals surface area contributed by atoms with E-state index >= 15 is 0 Å². The van der Waals surface area contributed by atoms with Crippen molar-refractivity contribution in [3.05, 3.63) is 12.3 Å². The quantitative estimate of drug-likeness (QED) is 0.117. The van der Waals surface area contributed by atoms with E-state index in [1.807, 2.05) is 0 Å². The molecule has 37 heavy (non-hydrogen) atoms. The second-order valence-electron chi connectivity index (χ2n) is 7.69. The van der Waals surface area contributed by atoms with Crippen LogP contribution in [-0.2, 0) is 57.1 Å². The molecule has 0 aliphatic carbocycles. The van der Waals surface area contributed by atoms with E-state index in [1.165, 1.54) is 27.7 Å². The number of carbonyl (C=O) groups excluding carboxylic acids is 4. The summed E-state index contributed by atoms with van der Waals surface area (Å²) in [7, 11) is 0. The van der Waals surface area contributed by atoms with Crippen LogP contribution in [0, 0.1) is 0 Å². The molecule has 4 unspecified atom stereocenters. The Hall–Kier alpha value is -2.78. The number of aliphatic hydroxyl groups is 1. The summed E-state index contributed by atoms with van der Waals surface area (Å²) in [6.07, 6.45) is -3.32. The first-order chi connectivity index (χ1) is 17.4. The molecule has 1 fully saturated rings. The smallest absolute Gasteiger partial charge is 0.303 e. The van der Waals surface area contributed by atoms with E-state index < -0.39 is 42.5 Å². The zero-order chi connectivity index (χ0) is 28.2. The van der Waals surface area contributed by atoms with E-state index in [4.69, 9.17) is 43.0 Å². The molecule has 1 aliphatic rings. The van der Waals surface area contributed by atoms with Crippen LogP contribution in [-0.4, -0.2) is 106 Å². The third-order valence-electron chi connectivity index (χ3n) is 4.10. The lowest BCUT2D eigenvalue weighted by atomic mass is 10.0. The number of esters is 3. The Morgan fingerprint density at radius 1 is 0.865 bits per heavy atom. The van der Waals surface area contributed by atoms with E-state index in [0.29, 0.717) is 26.4 Å². The van der Waals surface area contributed by atoms with Gasteiger partial charge in [0.25, 0.3) is 0 Å². The van der Waals surface area contributed by atoms with Crippen molar-refractivity contribution in [1.82, 2.24) is 0 Å². The molecule has 1 saturated heterocycles. The molecule has 1 rings (SSSR count). The lowest BCUT2D eigenvalue weighted by molar-refractivity contribution is -0.267. The van der Waals surface area contributed by atoms with Gasteiger partial charge in [0, 0.05) is 34.1 Å². The van der Waals surface area contributed by atoms with Crippen molar-refractivity contribution in [2.24, 2.45) is 5.73 Å². The molecular weight excluding hydrogens is 498 g/mol. The minimum Gasteiger partial charge on any atom is -0.510 e. The second kappa shape index (κ2) is 20.3. The van der Waals surface area contributed by atoms with Crippen LogP contribution < -0.4 is 5.73 Å². The molecule has 0 aromatic rings. The molecule has 1 heterocycles. The summed E-state index contributed by atoms with van der Waals surface area (Å²) in [6, 6.07) is 0. The van der Waals surface area contributed by atoms with Gasteiger partial charge in [0.2, 0.25) is 5.91 Å². The van der Waals surface area contributed by atoms with Crippen molar-refractivity contribution in [1.29, 1.82) is 0 Å². The molecule has 14 nitrogen and oxygen atoms in total. The maximum Gasteiger partial charge on any atom is 0.303 e. The highest BCUT2D eigenvalue weighted by Crippen LogP contribution is 2.27. The number of primary amides is 1. The molecule has 14 heteroatoms. The molecule has 0 aromatic carbocycles. The molecule has 3 N–H and O–H groups in total. The molecule has 0 bridgehead atoms. The molecule has 214 valence electrons. The Bertz CT molecular complexity index is 711. The third kappa shape index (κ3) is 20.0. The monoisotopic (exact) mass is 537 g/mol. The summed E-state index contributed by atoms with van der Waals surface area (Å²) >= 11 is 0. The first-order valence-corrected chi connectivity index (χ1v) is 11.5. The number of carbonyl (C=O) groups is 4. The van der Waals surface area contributed by atoms with Crippen LogP contribution >= 0.6 is 0 Å². The Labute approximate surface area is 216 Å². The van der Waals surface area contributed by atoms with Gasteiger partial charge < -0.3 is 48.7 Å². The normalized spacial score (nSPS) is 20.6. The molecular formula is C23H39NO13. The minimum atomic E-state index is -0.946. The summed E-state index contributed by atoms with van der Waals surface area (Å²) in [6.45, 7) is 9.98. The average molecular weight is 538 g/mol. The zero-order valence-corrected chi connectivity index (χ0v) is 21.8. The Morgan fingerprint density at radius 2 is 1.38 bits per heavy atom. The lowest BCUT2D eigenvalue weighted by Crippen LogP contribution is -2.54. The van der Waals surface area contributed by atoms with E-state index in [-0.39, 0.29) is 44.5 Å². The summed E-state index contributed by atoms with van der Waals surface area (Å²) in [5, 5.41) is 8.87. The van der Waals surface area contributed by atoms with Crippen molar-refractivity contribution in [3.63, 3.8) is 0 Å². The summed E-state index contributed by atoms with van der Waals surface area (Å²) in [5.41, 5.74) is 4.47. The number of amides is 1. The van der Waals surface area contributed by atoms with Crippen molar-refractivity contribution >= 4 is 23.8 Å². The highest BCUT2D eigenvalue weighted by molar-refractivity contribution is 5.70. The van der Waals surface area contributed by atoms with Crippen molar-refractivity contribution in [3.8, 4) is 0 Å². The van der Waals surface area contributed by atoms with Crippen LogP contribution in [0.15, 0.2) is 12.3 Å². The first kappa shape index (κ1) is 34.2. The molecule has 1 amide bonds. The molecule has 0 radical (unpaired) electrons. The van der Waals surface area contributed by atoms with Crippen LogP contribution in [0.4, 0.5) is 0 Å². The molecule has 0 spiro atoms. The van der Waals surface area contributed by atoms with Gasteiger partial charge >= 0.3 is 17.9 Å². The van der Waals surface area contributed by atoms with E-state index in [0.717, 1.165) is 0 Å². The number of nitrogens with two attached hydrogens (primary N) is 1. The van der Waals surface area contributed by atoms with Crippen LogP contribution in [0.25, 0.3) is 0 Å². The highest BCUT2D eigenvalue weighted by Gasteiger charge is 2.44. The largest absolute Gasteiger partial charge is 0.510 e. The maximum absolute atomic E-state index is 11.5. The van der Waals surface area contributed by atoms with Crippen LogP contribution in [0.1, 0.15) is 34.1 Å². The van der Waals surface area contributed by atoms with Gasteiger partial charge in [-0.3, -0.25) is 19.2 Å². The Morgan fingerprint density at radius 3 is 1.86 bits per heavy atom. The number of ether oxygens (including phenoxy) is 8. The number of hydrogen-bond acceptors (Lipinski definition) is 13. The van der Waals surface area contributed by atoms with Crippen molar-refractivity contribution in [2.75, 3.05) is 52.9 Å². The third-order valence-corrected chi connectivity index (χ3v) is 4.10. The fraction of sp³-hybridized carbons (Fsp3) is 0.739. The predicted molar refractivity (Wildman–Crippen MR) is 126 cm³/mol. The van der Waals surface area contributed by atoms with Crippen LogP contribution in [0.3, 0.4) is 0 Å². The van der Waals surface area contributed by atoms with Gasteiger partial charge in [-0.15, -0.1) is 0 Å². The number of aliphatic hydroxyl groups excluding tert-OH is 1. The fourth-order valence-corrected chi connectivity index (χ4v) is 2.87. The first-order valence-electron chi connectivity index (χ1n) is 11.5. The van der Waals surface area contributed by atoms with Gasteiger partial charge in [0.15, 0.2) is 12.4 Å². The SMILES string of the molecule is C=C(O)COCCOCCOCCOC1CC(OC(C)=O)C(OC(C)=O)C(COC(C)=O)O1.CC(N)=O. The fourth-order valence-electron chi connectivity index (χ4n) is 2.87. The van der Waals surface area contributed by atoms with E-state index in [9.17, 15) is 19.2 Å². The van der Waals surface area contributed by atoms with Crippen molar-refractivity contribution in [2.45, 2.75) is 58.7 Å². The van der Waals surface area contributed by atoms with Crippen LogP contribution in [0.5, 0.6) is 0 Å². The summed E-state index contributed by atoms with van der Waals surface area (Å²) < 4.78 is 42.8. The molecule has 0 aromatic heterocycles. The Kier molecular flexibility index (Phi) is 18.8. The van der Waals surface area contributed by atoms with Crippen LogP contribution in [0.2, 0.25) is 0 Å². The second-order valence-corrected chi connectivity index (χ2v) is 7.69. The van der Waals surface area contributed by atoms with E-state index in [1.54, 1.807) is 0 Å². The standard InChI is InChI=1S/C21H34O12.C2H5NO/c1-14(22)12-28-8-7-26-5-6-27-9-10-29-20-11-18(31-16(3)24)21(32-17(4)25)19(33-20)13-30-15(2)23;1-2(3)4/h18-22H,1,5-13H2,2-4H3;1H3,(H2,3,4). The average Bonchev–Trinajstić information content (AvgIpc) is 2.76. The Balaban J connectivity index is 0.00000300. The topological polar surface area (TPSA) is 188 Å². The van der Waals surface area contributed by atoms with Gasteiger partial charge in [0.05, 0.1) is 39.6 Å². The van der Waals surface area contributed by atoms with Gasteiger partial charge in [-0.25, -0.2) is 0 Å². The summed E-state index contributed by atoms with van der Waals surface area (Å²) in [4.78, 5) is 43.4. The highest BCUT2D eigenvalue weighted by atomic mass is 16.7. The maximum atomic E-state index is 11.5. The van der Waals surface area contributed by atoms with Gasteiger partial charge in [0.1, 0.15) is 31.2 Å². The molecule has 1 aliphatic heterocycles. The number of hydrogen-bond donors (Lipinski definition) is 2. The van der Waals surface area contributed by atoms with Gasteiger partial charge in [-0.05, 0) is 0 Å². The van der Waals surface area contributed by atoms with Gasteiger partial charge in [-0.1, -0.05) is 6.58 Å². The summed E-state index contributed by atoms with van der Waals surface area (Å²) in [5.74, 6) is -2.06. The van der Waals surface area contributed by atoms with Gasteiger partial charge in [-0.2, -0.15) is 0 Å². The zero-order valence-electron chi connectivity index (χ0n) is 21.8. The van der Waals surface area contributed by atoms with Crippen molar-refractivity contribution < 1.29 is 62.2 Å². The predicted octanol–water partition coefficient (Wildman–Crippen LogP) is 0.158. The van der Waals surface area contributed by atoms with E-state index in [2.05, 4.69) is 12.3 Å². The molecule has 0 saturated carbocycles. The minimum absolute atomic E-state index is 0.0425.